The largest absolute Gasteiger partial charge is 0.392 e. The van der Waals surface area contributed by atoms with Crippen LogP contribution >= 0.6 is 11.8 Å². The Labute approximate surface area is 129 Å². The van der Waals surface area contributed by atoms with Crippen molar-refractivity contribution in [1.29, 1.82) is 0 Å². The molecule has 0 aliphatic heterocycles. The standard InChI is InChI=1S/C17H19NO2S/c19-12-15-8-6-14(7-9-15)10-11-18-17(20)13-21-16-4-2-1-3-5-16/h1-9,19H,10-13H2,(H,18,20). The Morgan fingerprint density at radius 1 is 1.00 bits per heavy atom. The van der Waals surface area contributed by atoms with Crippen molar-refractivity contribution < 1.29 is 9.90 Å². The average Bonchev–Trinajstić information content (AvgIpc) is 2.54. The van der Waals surface area contributed by atoms with E-state index in [4.69, 9.17) is 5.11 Å². The molecule has 0 heterocycles. The fourth-order valence-corrected chi connectivity index (χ4v) is 2.62. The minimum absolute atomic E-state index is 0.0517. The van der Waals surface area contributed by atoms with Crippen LogP contribution in [-0.2, 0) is 17.8 Å². The lowest BCUT2D eigenvalue weighted by Gasteiger charge is -2.06. The highest BCUT2D eigenvalue weighted by Gasteiger charge is 2.02. The molecule has 0 aromatic heterocycles. The van der Waals surface area contributed by atoms with Crippen LogP contribution in [0.3, 0.4) is 0 Å². The molecule has 0 saturated heterocycles. The van der Waals surface area contributed by atoms with Gasteiger partial charge in [0, 0.05) is 11.4 Å². The van der Waals surface area contributed by atoms with Crippen LogP contribution in [0.5, 0.6) is 0 Å². The summed E-state index contributed by atoms with van der Waals surface area (Å²) in [6, 6.07) is 17.7. The molecule has 110 valence electrons. The predicted octanol–water partition coefficient (Wildman–Crippen LogP) is 2.63. The number of carbonyl (C=O) groups is 1. The van der Waals surface area contributed by atoms with Crippen molar-refractivity contribution in [2.45, 2.75) is 17.9 Å². The fraction of sp³-hybridized carbons (Fsp3) is 0.235. The molecule has 2 rings (SSSR count). The van der Waals surface area contributed by atoms with Crippen LogP contribution in [0, 0.1) is 0 Å². The van der Waals surface area contributed by atoms with E-state index in [1.54, 1.807) is 0 Å². The van der Waals surface area contributed by atoms with Gasteiger partial charge in [0.25, 0.3) is 0 Å². The van der Waals surface area contributed by atoms with Crippen LogP contribution in [-0.4, -0.2) is 23.3 Å². The van der Waals surface area contributed by atoms with E-state index in [0.29, 0.717) is 12.3 Å². The molecule has 0 saturated carbocycles. The summed E-state index contributed by atoms with van der Waals surface area (Å²) in [5, 5.41) is 11.9. The van der Waals surface area contributed by atoms with Crippen molar-refractivity contribution in [2.24, 2.45) is 0 Å². The number of carbonyl (C=O) groups excluding carboxylic acids is 1. The van der Waals surface area contributed by atoms with Crippen LogP contribution in [0.1, 0.15) is 11.1 Å². The maximum absolute atomic E-state index is 11.7. The molecule has 0 aliphatic rings. The minimum Gasteiger partial charge on any atom is -0.392 e. The number of hydrogen-bond acceptors (Lipinski definition) is 3. The van der Waals surface area contributed by atoms with E-state index in [1.165, 1.54) is 11.8 Å². The van der Waals surface area contributed by atoms with Gasteiger partial charge in [0.15, 0.2) is 0 Å². The Morgan fingerprint density at radius 3 is 2.33 bits per heavy atom. The Balaban J connectivity index is 1.66. The van der Waals surface area contributed by atoms with E-state index < -0.39 is 0 Å². The highest BCUT2D eigenvalue weighted by molar-refractivity contribution is 8.00. The topological polar surface area (TPSA) is 49.3 Å². The monoisotopic (exact) mass is 301 g/mol. The van der Waals surface area contributed by atoms with Crippen molar-refractivity contribution >= 4 is 17.7 Å². The maximum Gasteiger partial charge on any atom is 0.230 e. The summed E-state index contributed by atoms with van der Waals surface area (Å²) in [4.78, 5) is 12.8. The smallest absolute Gasteiger partial charge is 0.230 e. The average molecular weight is 301 g/mol. The molecule has 0 atom stereocenters. The van der Waals surface area contributed by atoms with Gasteiger partial charge in [0.05, 0.1) is 12.4 Å². The molecule has 0 bridgehead atoms. The van der Waals surface area contributed by atoms with Crippen LogP contribution < -0.4 is 5.32 Å². The first kappa shape index (κ1) is 15.6. The second kappa shape index (κ2) is 8.49. The van der Waals surface area contributed by atoms with Gasteiger partial charge >= 0.3 is 0 Å². The third-order valence-corrected chi connectivity index (χ3v) is 4.07. The number of hydrogen-bond donors (Lipinski definition) is 2. The van der Waals surface area contributed by atoms with E-state index >= 15 is 0 Å². The third kappa shape index (κ3) is 5.61. The second-order valence-corrected chi connectivity index (χ2v) is 5.73. The number of amides is 1. The van der Waals surface area contributed by atoms with Gasteiger partial charge < -0.3 is 10.4 Å². The van der Waals surface area contributed by atoms with Gasteiger partial charge in [-0.15, -0.1) is 11.8 Å². The SMILES string of the molecule is O=C(CSc1ccccc1)NCCc1ccc(CO)cc1. The normalized spacial score (nSPS) is 10.3. The Morgan fingerprint density at radius 2 is 1.67 bits per heavy atom. The summed E-state index contributed by atoms with van der Waals surface area (Å²) in [6.45, 7) is 0.695. The molecule has 0 aliphatic carbocycles. The lowest BCUT2D eigenvalue weighted by Crippen LogP contribution is -2.27. The van der Waals surface area contributed by atoms with E-state index in [-0.39, 0.29) is 12.5 Å². The molecule has 2 aromatic carbocycles. The first-order valence-electron chi connectivity index (χ1n) is 6.91. The molecule has 0 fully saturated rings. The van der Waals surface area contributed by atoms with Gasteiger partial charge in [-0.1, -0.05) is 42.5 Å². The first-order chi connectivity index (χ1) is 10.3. The van der Waals surface area contributed by atoms with Gasteiger partial charge in [0.2, 0.25) is 5.91 Å². The number of benzene rings is 2. The maximum atomic E-state index is 11.7. The molecule has 0 radical (unpaired) electrons. The molecule has 1 amide bonds. The zero-order chi connectivity index (χ0) is 14.9. The highest BCUT2D eigenvalue weighted by atomic mass is 32.2. The number of aliphatic hydroxyl groups is 1. The summed E-state index contributed by atoms with van der Waals surface area (Å²) in [5.74, 6) is 0.490. The van der Waals surface area contributed by atoms with Crippen molar-refractivity contribution in [3.8, 4) is 0 Å². The zero-order valence-corrected chi connectivity index (χ0v) is 12.6. The molecule has 21 heavy (non-hydrogen) atoms. The van der Waals surface area contributed by atoms with Gasteiger partial charge in [-0.2, -0.15) is 0 Å². The van der Waals surface area contributed by atoms with E-state index in [2.05, 4.69) is 5.32 Å². The van der Waals surface area contributed by atoms with E-state index in [9.17, 15) is 4.79 Å². The lowest BCUT2D eigenvalue weighted by atomic mass is 10.1. The summed E-state index contributed by atoms with van der Waals surface area (Å²) in [7, 11) is 0. The minimum atomic E-state index is 0.0517. The van der Waals surface area contributed by atoms with E-state index in [0.717, 1.165) is 22.4 Å². The first-order valence-corrected chi connectivity index (χ1v) is 7.90. The summed E-state index contributed by atoms with van der Waals surface area (Å²) in [5.41, 5.74) is 2.06. The van der Waals surface area contributed by atoms with Gasteiger partial charge in [-0.3, -0.25) is 4.79 Å². The van der Waals surface area contributed by atoms with Crippen molar-refractivity contribution in [2.75, 3.05) is 12.3 Å². The molecule has 4 heteroatoms. The predicted molar refractivity (Wildman–Crippen MR) is 86.2 cm³/mol. The molecule has 0 spiro atoms. The van der Waals surface area contributed by atoms with Crippen molar-refractivity contribution in [1.82, 2.24) is 5.32 Å². The molecule has 3 nitrogen and oxygen atoms in total. The van der Waals surface area contributed by atoms with Crippen LogP contribution in [0.25, 0.3) is 0 Å². The third-order valence-electron chi connectivity index (χ3n) is 3.05. The van der Waals surface area contributed by atoms with Gasteiger partial charge in [-0.05, 0) is 29.7 Å². The Kier molecular flexibility index (Phi) is 6.31. The molecule has 2 N–H and O–H groups in total. The number of rotatable bonds is 7. The quantitative estimate of drug-likeness (QED) is 0.773. The van der Waals surface area contributed by atoms with E-state index in [1.807, 2.05) is 54.6 Å². The van der Waals surface area contributed by atoms with Crippen LogP contribution in [0.2, 0.25) is 0 Å². The fourth-order valence-electron chi connectivity index (χ4n) is 1.87. The lowest BCUT2D eigenvalue weighted by molar-refractivity contribution is -0.118. The Bertz CT molecular complexity index is 555. The molecular formula is C17H19NO2S. The van der Waals surface area contributed by atoms with Crippen LogP contribution in [0.15, 0.2) is 59.5 Å². The van der Waals surface area contributed by atoms with Gasteiger partial charge in [0.1, 0.15) is 0 Å². The summed E-state index contributed by atoms with van der Waals surface area (Å²) in [6.07, 6.45) is 0.799. The van der Waals surface area contributed by atoms with Gasteiger partial charge in [-0.25, -0.2) is 0 Å². The van der Waals surface area contributed by atoms with Crippen molar-refractivity contribution in [3.05, 3.63) is 65.7 Å². The Hall–Kier alpha value is -1.78. The second-order valence-electron chi connectivity index (χ2n) is 4.68. The highest BCUT2D eigenvalue weighted by Crippen LogP contribution is 2.16. The molecule has 0 unspecified atom stereocenters. The number of nitrogens with one attached hydrogen (secondary N) is 1. The number of thioether (sulfide) groups is 1. The van der Waals surface area contributed by atoms with Crippen LogP contribution in [0.4, 0.5) is 0 Å². The van der Waals surface area contributed by atoms with Crippen molar-refractivity contribution in [3.63, 3.8) is 0 Å². The molecule has 2 aromatic rings. The summed E-state index contributed by atoms with van der Waals surface area (Å²) >= 11 is 1.54. The zero-order valence-electron chi connectivity index (χ0n) is 11.8. The summed E-state index contributed by atoms with van der Waals surface area (Å²) < 4.78 is 0. The molecular weight excluding hydrogens is 282 g/mol. The number of aliphatic hydroxyl groups excluding tert-OH is 1.